The quantitative estimate of drug-likeness (QED) is 0.892. The van der Waals surface area contributed by atoms with Crippen LogP contribution in [0.5, 0.6) is 5.75 Å². The zero-order valence-electron chi connectivity index (χ0n) is 12.6. The highest BCUT2D eigenvalue weighted by molar-refractivity contribution is 5.84. The molecule has 2 amide bonds. The van der Waals surface area contributed by atoms with E-state index in [0.717, 1.165) is 25.0 Å². The van der Waals surface area contributed by atoms with Crippen molar-refractivity contribution in [1.29, 1.82) is 0 Å². The van der Waals surface area contributed by atoms with Crippen LogP contribution in [0.1, 0.15) is 36.3 Å². The average Bonchev–Trinajstić information content (AvgIpc) is 2.46. The lowest BCUT2D eigenvalue weighted by Gasteiger charge is -2.27. The van der Waals surface area contributed by atoms with Gasteiger partial charge in [0.2, 0.25) is 11.8 Å². The van der Waals surface area contributed by atoms with Crippen molar-refractivity contribution >= 4 is 11.8 Å². The molecule has 1 atom stereocenters. The summed E-state index contributed by atoms with van der Waals surface area (Å²) in [6, 6.07) is 6.05. The summed E-state index contributed by atoms with van der Waals surface area (Å²) in [5.41, 5.74) is 7.61. The van der Waals surface area contributed by atoms with E-state index in [-0.39, 0.29) is 18.4 Å². The van der Waals surface area contributed by atoms with Gasteiger partial charge in [-0.15, -0.1) is 0 Å². The van der Waals surface area contributed by atoms with Crippen LogP contribution >= 0.6 is 0 Å². The fourth-order valence-electron chi connectivity index (χ4n) is 2.92. The number of aryl methyl sites for hydroxylation is 1. The minimum absolute atomic E-state index is 0.0268. The van der Waals surface area contributed by atoms with Gasteiger partial charge in [-0.25, -0.2) is 0 Å². The molecule has 5 nitrogen and oxygen atoms in total. The number of fused-ring (bicyclic) bond motifs is 1. The first-order chi connectivity index (χ1) is 10.0. The van der Waals surface area contributed by atoms with Crippen molar-refractivity contribution in [2.24, 2.45) is 5.73 Å². The van der Waals surface area contributed by atoms with E-state index >= 15 is 0 Å². The van der Waals surface area contributed by atoms with E-state index in [2.05, 4.69) is 12.1 Å². The minimum atomic E-state index is -0.486. The summed E-state index contributed by atoms with van der Waals surface area (Å²) in [6.45, 7) is -0.0268. The Bertz CT molecular complexity index is 542. The molecule has 21 heavy (non-hydrogen) atoms. The molecule has 0 heterocycles. The van der Waals surface area contributed by atoms with Crippen LogP contribution in [0.3, 0.4) is 0 Å². The maximum atomic E-state index is 12.2. The second kappa shape index (κ2) is 6.61. The second-order valence-electron chi connectivity index (χ2n) is 5.57. The van der Waals surface area contributed by atoms with E-state index in [9.17, 15) is 9.59 Å². The molecule has 114 valence electrons. The summed E-state index contributed by atoms with van der Waals surface area (Å²) in [5, 5.41) is 0. The molecule has 1 aromatic carbocycles. The molecule has 1 aliphatic rings. The van der Waals surface area contributed by atoms with E-state index in [1.807, 2.05) is 6.07 Å². The molecule has 2 rings (SSSR count). The molecule has 0 saturated carbocycles. The van der Waals surface area contributed by atoms with Crippen molar-refractivity contribution in [3.63, 3.8) is 0 Å². The van der Waals surface area contributed by atoms with Crippen molar-refractivity contribution in [3.8, 4) is 5.75 Å². The van der Waals surface area contributed by atoms with E-state index in [1.54, 1.807) is 14.2 Å². The molecule has 0 unspecified atom stereocenters. The van der Waals surface area contributed by atoms with Gasteiger partial charge in [0.25, 0.3) is 0 Å². The molecule has 0 spiro atoms. The molecule has 2 N–H and O–H groups in total. The van der Waals surface area contributed by atoms with Crippen LogP contribution in [0.4, 0.5) is 0 Å². The number of hydrogen-bond donors (Lipinski definition) is 1. The molecular weight excluding hydrogens is 268 g/mol. The number of amides is 2. The predicted molar refractivity (Wildman–Crippen MR) is 80.1 cm³/mol. The van der Waals surface area contributed by atoms with Crippen LogP contribution < -0.4 is 10.5 Å². The number of rotatable bonds is 5. The fraction of sp³-hybridized carbons (Fsp3) is 0.500. The monoisotopic (exact) mass is 290 g/mol. The lowest BCUT2D eigenvalue weighted by atomic mass is 9.81. The van der Waals surface area contributed by atoms with Crippen molar-refractivity contribution in [1.82, 2.24) is 4.90 Å². The van der Waals surface area contributed by atoms with Crippen molar-refractivity contribution in [3.05, 3.63) is 29.3 Å². The summed E-state index contributed by atoms with van der Waals surface area (Å²) < 4.78 is 5.25. The predicted octanol–water partition coefficient (Wildman–Crippen LogP) is 1.45. The maximum absolute atomic E-state index is 12.2. The Labute approximate surface area is 125 Å². The van der Waals surface area contributed by atoms with Crippen molar-refractivity contribution in [2.75, 3.05) is 20.7 Å². The highest BCUT2D eigenvalue weighted by Crippen LogP contribution is 2.36. The van der Waals surface area contributed by atoms with Crippen LogP contribution in [-0.2, 0) is 16.0 Å². The van der Waals surface area contributed by atoms with Gasteiger partial charge in [0.05, 0.1) is 13.7 Å². The molecular formula is C16H22N2O3. The second-order valence-corrected chi connectivity index (χ2v) is 5.57. The SMILES string of the molecule is COc1ccc2c(c1)CCC[C@H]2CC(=O)N(C)CC(N)=O. The molecule has 0 fully saturated rings. The number of benzene rings is 1. The zero-order chi connectivity index (χ0) is 15.4. The number of nitrogens with two attached hydrogens (primary N) is 1. The van der Waals surface area contributed by atoms with Gasteiger partial charge >= 0.3 is 0 Å². The summed E-state index contributed by atoms with van der Waals surface area (Å²) >= 11 is 0. The Kier molecular flexibility index (Phi) is 4.83. The Morgan fingerprint density at radius 2 is 2.19 bits per heavy atom. The lowest BCUT2D eigenvalue weighted by molar-refractivity contribution is -0.134. The Morgan fingerprint density at radius 1 is 1.43 bits per heavy atom. The van der Waals surface area contributed by atoms with Gasteiger partial charge < -0.3 is 15.4 Å². The minimum Gasteiger partial charge on any atom is -0.497 e. The molecule has 0 bridgehead atoms. The lowest BCUT2D eigenvalue weighted by Crippen LogP contribution is -2.36. The first-order valence-electron chi connectivity index (χ1n) is 7.20. The number of methoxy groups -OCH3 is 1. The third-order valence-corrected chi connectivity index (χ3v) is 4.03. The Hall–Kier alpha value is -2.04. The van der Waals surface area contributed by atoms with Crippen LogP contribution in [0.25, 0.3) is 0 Å². The van der Waals surface area contributed by atoms with Crippen LogP contribution in [-0.4, -0.2) is 37.4 Å². The van der Waals surface area contributed by atoms with Gasteiger partial charge in [0.15, 0.2) is 0 Å². The van der Waals surface area contributed by atoms with Gasteiger partial charge in [-0.1, -0.05) is 6.07 Å². The van der Waals surface area contributed by atoms with E-state index < -0.39 is 5.91 Å². The number of ether oxygens (including phenoxy) is 1. The number of likely N-dealkylation sites (N-methyl/N-ethyl adjacent to an activating group) is 1. The number of primary amides is 1. The largest absolute Gasteiger partial charge is 0.497 e. The first-order valence-corrected chi connectivity index (χ1v) is 7.20. The molecule has 0 aliphatic heterocycles. The van der Waals surface area contributed by atoms with Gasteiger partial charge in [-0.05, 0) is 48.4 Å². The van der Waals surface area contributed by atoms with E-state index in [4.69, 9.17) is 10.5 Å². The smallest absolute Gasteiger partial charge is 0.237 e. The third-order valence-electron chi connectivity index (χ3n) is 4.03. The zero-order valence-corrected chi connectivity index (χ0v) is 12.6. The normalized spacial score (nSPS) is 17.0. The van der Waals surface area contributed by atoms with Crippen LogP contribution in [0, 0.1) is 0 Å². The summed E-state index contributed by atoms with van der Waals surface area (Å²) in [6.07, 6.45) is 3.50. The summed E-state index contributed by atoms with van der Waals surface area (Å²) in [4.78, 5) is 24.5. The van der Waals surface area contributed by atoms with Crippen LogP contribution in [0.2, 0.25) is 0 Å². The first kappa shape index (κ1) is 15.4. The number of carbonyl (C=O) groups is 2. The highest BCUT2D eigenvalue weighted by atomic mass is 16.5. The maximum Gasteiger partial charge on any atom is 0.237 e. The molecule has 1 aromatic rings. The molecule has 0 aromatic heterocycles. The highest BCUT2D eigenvalue weighted by Gasteiger charge is 2.24. The van der Waals surface area contributed by atoms with Gasteiger partial charge in [-0.3, -0.25) is 9.59 Å². The van der Waals surface area contributed by atoms with Gasteiger partial charge in [0, 0.05) is 13.5 Å². The number of nitrogens with zero attached hydrogens (tertiary/aromatic N) is 1. The molecule has 5 heteroatoms. The molecule has 0 radical (unpaired) electrons. The van der Waals surface area contributed by atoms with Crippen LogP contribution in [0.15, 0.2) is 18.2 Å². The fourth-order valence-corrected chi connectivity index (χ4v) is 2.92. The topological polar surface area (TPSA) is 72.6 Å². The van der Waals surface area contributed by atoms with E-state index in [0.29, 0.717) is 6.42 Å². The Balaban J connectivity index is 2.09. The molecule has 0 saturated heterocycles. The molecule has 1 aliphatic carbocycles. The summed E-state index contributed by atoms with van der Waals surface area (Å²) in [5.74, 6) is 0.538. The standard InChI is InChI=1S/C16H22N2O3/c1-18(10-15(17)19)16(20)9-12-5-3-4-11-8-13(21-2)6-7-14(11)12/h6-8,12H,3-5,9-10H2,1-2H3,(H2,17,19)/t12-/m0/s1. The van der Waals surface area contributed by atoms with Crippen molar-refractivity contribution < 1.29 is 14.3 Å². The Morgan fingerprint density at radius 3 is 2.86 bits per heavy atom. The number of carbonyl (C=O) groups excluding carboxylic acids is 2. The van der Waals surface area contributed by atoms with Gasteiger partial charge in [-0.2, -0.15) is 0 Å². The van der Waals surface area contributed by atoms with Gasteiger partial charge in [0.1, 0.15) is 5.75 Å². The van der Waals surface area contributed by atoms with E-state index in [1.165, 1.54) is 16.0 Å². The average molecular weight is 290 g/mol. The van der Waals surface area contributed by atoms with Crippen molar-refractivity contribution in [2.45, 2.75) is 31.6 Å². The summed E-state index contributed by atoms with van der Waals surface area (Å²) in [7, 11) is 3.27. The number of hydrogen-bond acceptors (Lipinski definition) is 3. The third kappa shape index (κ3) is 3.74.